The van der Waals surface area contributed by atoms with Crippen LogP contribution in [0.3, 0.4) is 0 Å². The molecule has 1 saturated heterocycles. The molecule has 2 amide bonds. The zero-order chi connectivity index (χ0) is 13.5. The summed E-state index contributed by atoms with van der Waals surface area (Å²) >= 11 is 4.78. The number of rotatable bonds is 5. The number of carbonyl (C=O) groups is 2. The highest BCUT2D eigenvalue weighted by Gasteiger charge is 2.17. The Labute approximate surface area is 112 Å². The molecule has 6 nitrogen and oxygen atoms in total. The topological polar surface area (TPSA) is 78.7 Å². The molecule has 0 spiro atoms. The maximum Gasteiger partial charge on any atom is 0.236 e. The summed E-state index contributed by atoms with van der Waals surface area (Å²) in [6.45, 7) is 2.81. The second kappa shape index (κ2) is 7.27. The standard InChI is InChI=1S/C11H20N4O2S/c1-14(5-2-9(12)18)11(17)8-15-6-3-10(16)13-4-7-15/h2-8H2,1H3,(H2,12,18)(H,13,16). The Balaban J connectivity index is 2.34. The van der Waals surface area contributed by atoms with Crippen molar-refractivity contribution in [2.45, 2.75) is 12.8 Å². The number of hydrogen-bond donors (Lipinski definition) is 2. The van der Waals surface area contributed by atoms with Gasteiger partial charge in [-0.3, -0.25) is 14.5 Å². The number of amides is 2. The first-order chi connectivity index (χ1) is 8.49. The molecular weight excluding hydrogens is 252 g/mol. The minimum atomic E-state index is 0.0283. The predicted octanol–water partition coefficient (Wildman–Crippen LogP) is -1.06. The third-order valence-corrected chi connectivity index (χ3v) is 3.09. The van der Waals surface area contributed by atoms with Crippen LogP contribution in [0.2, 0.25) is 0 Å². The molecule has 3 N–H and O–H groups in total. The van der Waals surface area contributed by atoms with Crippen molar-refractivity contribution in [1.82, 2.24) is 15.1 Å². The van der Waals surface area contributed by atoms with Gasteiger partial charge < -0.3 is 16.0 Å². The average molecular weight is 272 g/mol. The molecule has 0 aliphatic carbocycles. The second-order valence-electron chi connectivity index (χ2n) is 4.41. The van der Waals surface area contributed by atoms with E-state index in [2.05, 4.69) is 5.32 Å². The van der Waals surface area contributed by atoms with Crippen molar-refractivity contribution in [2.75, 3.05) is 39.8 Å². The first kappa shape index (κ1) is 14.8. The molecule has 0 unspecified atom stereocenters. The molecule has 102 valence electrons. The molecule has 1 fully saturated rings. The van der Waals surface area contributed by atoms with Crippen LogP contribution in [0.1, 0.15) is 12.8 Å². The molecule has 0 atom stereocenters. The van der Waals surface area contributed by atoms with E-state index in [1.54, 1.807) is 11.9 Å². The first-order valence-electron chi connectivity index (χ1n) is 6.00. The number of nitrogens with zero attached hydrogens (tertiary/aromatic N) is 2. The van der Waals surface area contributed by atoms with Crippen molar-refractivity contribution in [3.63, 3.8) is 0 Å². The Bertz CT molecular complexity index is 335. The van der Waals surface area contributed by atoms with Crippen molar-refractivity contribution < 1.29 is 9.59 Å². The number of carbonyl (C=O) groups excluding carboxylic acids is 2. The molecule has 1 aliphatic heterocycles. The molecule has 0 saturated carbocycles. The molecular formula is C11H20N4O2S. The molecule has 0 bridgehead atoms. The van der Waals surface area contributed by atoms with Gasteiger partial charge in [0.15, 0.2) is 0 Å². The average Bonchev–Trinajstić information content (AvgIpc) is 2.51. The lowest BCUT2D eigenvalue weighted by Crippen LogP contribution is -2.40. The highest BCUT2D eigenvalue weighted by Crippen LogP contribution is 1.98. The Morgan fingerprint density at radius 3 is 2.94 bits per heavy atom. The molecule has 0 aromatic carbocycles. The summed E-state index contributed by atoms with van der Waals surface area (Å²) in [6, 6.07) is 0. The zero-order valence-electron chi connectivity index (χ0n) is 10.6. The molecule has 0 radical (unpaired) electrons. The van der Waals surface area contributed by atoms with Gasteiger partial charge in [-0.2, -0.15) is 0 Å². The number of nitrogens with two attached hydrogens (primary N) is 1. The quantitative estimate of drug-likeness (QED) is 0.624. The van der Waals surface area contributed by atoms with E-state index in [-0.39, 0.29) is 11.8 Å². The van der Waals surface area contributed by atoms with Gasteiger partial charge in [0.2, 0.25) is 11.8 Å². The van der Waals surface area contributed by atoms with Gasteiger partial charge in [-0.05, 0) is 0 Å². The van der Waals surface area contributed by atoms with Crippen LogP contribution in [-0.4, -0.2) is 66.4 Å². The summed E-state index contributed by atoms with van der Waals surface area (Å²) < 4.78 is 0. The van der Waals surface area contributed by atoms with Crippen molar-refractivity contribution in [2.24, 2.45) is 5.73 Å². The highest BCUT2D eigenvalue weighted by molar-refractivity contribution is 7.80. The number of thiocarbonyl (C=S) groups is 1. The Kier molecular flexibility index (Phi) is 6.00. The van der Waals surface area contributed by atoms with Gasteiger partial charge in [0, 0.05) is 46.1 Å². The second-order valence-corrected chi connectivity index (χ2v) is 4.93. The van der Waals surface area contributed by atoms with Crippen LogP contribution in [0.5, 0.6) is 0 Å². The summed E-state index contributed by atoms with van der Waals surface area (Å²) in [5, 5.41) is 2.78. The fourth-order valence-electron chi connectivity index (χ4n) is 1.69. The van der Waals surface area contributed by atoms with E-state index in [4.69, 9.17) is 18.0 Å². The number of likely N-dealkylation sites (N-methyl/N-ethyl adjacent to an activating group) is 1. The van der Waals surface area contributed by atoms with Gasteiger partial charge >= 0.3 is 0 Å². The van der Waals surface area contributed by atoms with Crippen LogP contribution in [0.4, 0.5) is 0 Å². The Hall–Kier alpha value is -1.21. The van der Waals surface area contributed by atoms with Crippen LogP contribution in [0, 0.1) is 0 Å². The molecule has 0 aromatic rings. The monoisotopic (exact) mass is 272 g/mol. The van der Waals surface area contributed by atoms with Gasteiger partial charge in [0.25, 0.3) is 0 Å². The van der Waals surface area contributed by atoms with E-state index in [0.29, 0.717) is 50.6 Å². The van der Waals surface area contributed by atoms with Crippen molar-refractivity contribution >= 4 is 29.0 Å². The van der Waals surface area contributed by atoms with E-state index in [9.17, 15) is 9.59 Å². The lowest BCUT2D eigenvalue weighted by atomic mass is 10.3. The first-order valence-corrected chi connectivity index (χ1v) is 6.41. The summed E-state index contributed by atoms with van der Waals surface area (Å²) in [7, 11) is 1.74. The van der Waals surface area contributed by atoms with E-state index in [1.165, 1.54) is 0 Å². The van der Waals surface area contributed by atoms with Crippen molar-refractivity contribution in [1.29, 1.82) is 0 Å². The third-order valence-electron chi connectivity index (χ3n) is 2.88. The van der Waals surface area contributed by atoms with Gasteiger partial charge in [-0.1, -0.05) is 12.2 Å². The van der Waals surface area contributed by atoms with E-state index < -0.39 is 0 Å². The van der Waals surface area contributed by atoms with Crippen LogP contribution in [0.15, 0.2) is 0 Å². The predicted molar refractivity (Wildman–Crippen MR) is 73.1 cm³/mol. The normalized spacial score (nSPS) is 16.8. The van der Waals surface area contributed by atoms with Gasteiger partial charge in [-0.15, -0.1) is 0 Å². The smallest absolute Gasteiger partial charge is 0.236 e. The minimum Gasteiger partial charge on any atom is -0.393 e. The lowest BCUT2D eigenvalue weighted by Gasteiger charge is -2.23. The Morgan fingerprint density at radius 2 is 2.28 bits per heavy atom. The maximum atomic E-state index is 11.9. The largest absolute Gasteiger partial charge is 0.393 e. The fourth-order valence-corrected chi connectivity index (χ4v) is 1.78. The van der Waals surface area contributed by atoms with Gasteiger partial charge in [0.05, 0.1) is 11.5 Å². The van der Waals surface area contributed by atoms with Crippen molar-refractivity contribution in [3.05, 3.63) is 0 Å². The lowest BCUT2D eigenvalue weighted by molar-refractivity contribution is -0.131. The number of nitrogens with one attached hydrogen (secondary N) is 1. The third kappa shape index (κ3) is 5.42. The molecule has 18 heavy (non-hydrogen) atoms. The Morgan fingerprint density at radius 1 is 1.56 bits per heavy atom. The minimum absolute atomic E-state index is 0.0283. The van der Waals surface area contributed by atoms with Crippen LogP contribution in [-0.2, 0) is 9.59 Å². The summed E-state index contributed by atoms with van der Waals surface area (Å²) in [6.07, 6.45) is 0.988. The highest BCUT2D eigenvalue weighted by atomic mass is 32.1. The number of hydrogen-bond acceptors (Lipinski definition) is 4. The maximum absolute atomic E-state index is 11.9. The van der Waals surface area contributed by atoms with Gasteiger partial charge in [0.1, 0.15) is 0 Å². The van der Waals surface area contributed by atoms with Crippen molar-refractivity contribution in [3.8, 4) is 0 Å². The van der Waals surface area contributed by atoms with Crippen LogP contribution >= 0.6 is 12.2 Å². The van der Waals surface area contributed by atoms with E-state index in [1.807, 2.05) is 4.90 Å². The van der Waals surface area contributed by atoms with E-state index >= 15 is 0 Å². The van der Waals surface area contributed by atoms with Crippen LogP contribution in [0.25, 0.3) is 0 Å². The summed E-state index contributed by atoms with van der Waals surface area (Å²) in [5.74, 6) is 0.0763. The molecule has 1 heterocycles. The summed E-state index contributed by atoms with van der Waals surface area (Å²) in [5.41, 5.74) is 5.40. The fraction of sp³-hybridized carbons (Fsp3) is 0.727. The SMILES string of the molecule is CN(CCC(N)=S)C(=O)CN1CCNC(=O)CC1. The van der Waals surface area contributed by atoms with E-state index in [0.717, 1.165) is 0 Å². The molecule has 0 aromatic heterocycles. The zero-order valence-corrected chi connectivity index (χ0v) is 11.5. The van der Waals surface area contributed by atoms with Gasteiger partial charge in [-0.25, -0.2) is 0 Å². The van der Waals surface area contributed by atoms with Crippen LogP contribution < -0.4 is 11.1 Å². The molecule has 1 rings (SSSR count). The molecule has 1 aliphatic rings. The molecule has 7 heteroatoms. The summed E-state index contributed by atoms with van der Waals surface area (Å²) in [4.78, 5) is 27.1.